The molecule has 0 radical (unpaired) electrons. The monoisotopic (exact) mass is 293 g/mol. The topological polar surface area (TPSA) is 55.4 Å². The molecule has 114 valence electrons. The average Bonchev–Trinajstić information content (AvgIpc) is 2.48. The fourth-order valence-corrected chi connectivity index (χ4v) is 2.61. The SMILES string of the molecule is C[C@H]1CCCC[C@@H]1NC(=O)COC(=O)c1ccccc1F. The predicted octanol–water partition coefficient (Wildman–Crippen LogP) is 2.68. The van der Waals surface area contributed by atoms with E-state index in [0.717, 1.165) is 19.3 Å². The number of esters is 1. The van der Waals surface area contributed by atoms with Gasteiger partial charge in [-0.15, -0.1) is 0 Å². The molecule has 1 aromatic rings. The van der Waals surface area contributed by atoms with Gasteiger partial charge < -0.3 is 10.1 Å². The molecule has 2 rings (SSSR count). The summed E-state index contributed by atoms with van der Waals surface area (Å²) in [5.74, 6) is -1.37. The van der Waals surface area contributed by atoms with E-state index in [1.807, 2.05) is 0 Å². The molecule has 1 aromatic carbocycles. The molecule has 0 saturated heterocycles. The van der Waals surface area contributed by atoms with E-state index < -0.39 is 11.8 Å². The van der Waals surface area contributed by atoms with Crippen molar-refractivity contribution >= 4 is 11.9 Å². The van der Waals surface area contributed by atoms with Crippen LogP contribution in [0.1, 0.15) is 43.0 Å². The van der Waals surface area contributed by atoms with Crippen LogP contribution in [-0.2, 0) is 9.53 Å². The summed E-state index contributed by atoms with van der Waals surface area (Å²) in [6.07, 6.45) is 4.34. The van der Waals surface area contributed by atoms with Crippen LogP contribution in [0.25, 0.3) is 0 Å². The van der Waals surface area contributed by atoms with Crippen LogP contribution >= 0.6 is 0 Å². The van der Waals surface area contributed by atoms with E-state index in [-0.39, 0.29) is 24.1 Å². The summed E-state index contributed by atoms with van der Waals surface area (Å²) < 4.78 is 18.2. The molecule has 4 nitrogen and oxygen atoms in total. The van der Waals surface area contributed by atoms with Crippen molar-refractivity contribution in [3.8, 4) is 0 Å². The first-order valence-electron chi connectivity index (χ1n) is 7.29. The zero-order chi connectivity index (χ0) is 15.2. The van der Waals surface area contributed by atoms with Crippen molar-refractivity contribution in [2.45, 2.75) is 38.6 Å². The number of halogens is 1. The second kappa shape index (κ2) is 7.20. The standard InChI is InChI=1S/C16H20FNO3/c1-11-6-2-5-9-14(11)18-15(19)10-21-16(20)12-7-3-4-8-13(12)17/h3-4,7-8,11,14H,2,5-6,9-10H2,1H3,(H,18,19)/t11-,14-/m0/s1. The van der Waals surface area contributed by atoms with Crippen molar-refractivity contribution in [2.24, 2.45) is 5.92 Å². The molecule has 0 aliphatic heterocycles. The summed E-state index contributed by atoms with van der Waals surface area (Å²) in [6, 6.07) is 5.68. The summed E-state index contributed by atoms with van der Waals surface area (Å²) in [4.78, 5) is 23.5. The van der Waals surface area contributed by atoms with E-state index in [9.17, 15) is 14.0 Å². The van der Waals surface area contributed by atoms with Crippen molar-refractivity contribution in [1.29, 1.82) is 0 Å². The number of hydrogen-bond donors (Lipinski definition) is 1. The van der Waals surface area contributed by atoms with Gasteiger partial charge in [0.25, 0.3) is 5.91 Å². The van der Waals surface area contributed by atoms with Crippen molar-refractivity contribution in [3.63, 3.8) is 0 Å². The Hall–Kier alpha value is -1.91. The number of hydrogen-bond acceptors (Lipinski definition) is 3. The Morgan fingerprint density at radius 3 is 2.71 bits per heavy atom. The van der Waals surface area contributed by atoms with Gasteiger partial charge in [0.05, 0.1) is 5.56 Å². The molecule has 0 unspecified atom stereocenters. The highest BCUT2D eigenvalue weighted by Gasteiger charge is 2.23. The number of carbonyl (C=O) groups is 2. The highest BCUT2D eigenvalue weighted by atomic mass is 19.1. The number of ether oxygens (including phenoxy) is 1. The van der Waals surface area contributed by atoms with Gasteiger partial charge in [-0.05, 0) is 30.9 Å². The van der Waals surface area contributed by atoms with E-state index in [4.69, 9.17) is 4.74 Å². The van der Waals surface area contributed by atoms with Gasteiger partial charge in [0.1, 0.15) is 5.82 Å². The van der Waals surface area contributed by atoms with Crippen molar-refractivity contribution in [3.05, 3.63) is 35.6 Å². The van der Waals surface area contributed by atoms with Gasteiger partial charge in [-0.25, -0.2) is 9.18 Å². The Labute approximate surface area is 123 Å². The average molecular weight is 293 g/mol. The third kappa shape index (κ3) is 4.28. The summed E-state index contributed by atoms with van der Waals surface area (Å²) in [6.45, 7) is 1.73. The molecule has 1 saturated carbocycles. The third-order valence-electron chi connectivity index (χ3n) is 3.89. The number of amides is 1. The van der Waals surface area contributed by atoms with Crippen LogP contribution in [0.4, 0.5) is 4.39 Å². The maximum atomic E-state index is 13.4. The molecule has 0 aromatic heterocycles. The molecule has 0 heterocycles. The van der Waals surface area contributed by atoms with Gasteiger partial charge in [-0.1, -0.05) is 31.9 Å². The van der Waals surface area contributed by atoms with E-state index in [2.05, 4.69) is 12.2 Å². The van der Waals surface area contributed by atoms with Crippen LogP contribution in [0, 0.1) is 11.7 Å². The van der Waals surface area contributed by atoms with E-state index >= 15 is 0 Å². The second-order valence-corrected chi connectivity index (χ2v) is 5.49. The molecule has 1 N–H and O–H groups in total. The predicted molar refractivity (Wildman–Crippen MR) is 76.2 cm³/mol. The number of nitrogens with one attached hydrogen (secondary N) is 1. The lowest BCUT2D eigenvalue weighted by atomic mass is 9.86. The lowest BCUT2D eigenvalue weighted by molar-refractivity contribution is -0.125. The highest BCUT2D eigenvalue weighted by molar-refractivity contribution is 5.91. The van der Waals surface area contributed by atoms with Gasteiger partial charge in [0, 0.05) is 6.04 Å². The maximum Gasteiger partial charge on any atom is 0.341 e. The fraction of sp³-hybridized carbons (Fsp3) is 0.500. The zero-order valence-electron chi connectivity index (χ0n) is 12.1. The molecule has 1 aliphatic carbocycles. The Kier molecular flexibility index (Phi) is 5.31. The van der Waals surface area contributed by atoms with Crippen LogP contribution in [0.15, 0.2) is 24.3 Å². The van der Waals surface area contributed by atoms with Gasteiger partial charge >= 0.3 is 5.97 Å². The molecular weight excluding hydrogens is 273 g/mol. The molecule has 21 heavy (non-hydrogen) atoms. The highest BCUT2D eigenvalue weighted by Crippen LogP contribution is 2.23. The van der Waals surface area contributed by atoms with E-state index in [0.29, 0.717) is 5.92 Å². The van der Waals surface area contributed by atoms with Crippen LogP contribution in [0.3, 0.4) is 0 Å². The zero-order valence-corrected chi connectivity index (χ0v) is 12.1. The molecule has 0 bridgehead atoms. The largest absolute Gasteiger partial charge is 0.452 e. The minimum atomic E-state index is -0.819. The lowest BCUT2D eigenvalue weighted by Crippen LogP contribution is -2.42. The van der Waals surface area contributed by atoms with Crippen molar-refractivity contribution in [1.82, 2.24) is 5.32 Å². The Morgan fingerprint density at radius 1 is 1.29 bits per heavy atom. The van der Waals surface area contributed by atoms with Gasteiger partial charge in [0.15, 0.2) is 6.61 Å². The molecule has 2 atom stereocenters. The maximum absolute atomic E-state index is 13.4. The Bertz CT molecular complexity index is 518. The molecule has 1 fully saturated rings. The first-order chi connectivity index (χ1) is 10.1. The van der Waals surface area contributed by atoms with Crippen molar-refractivity contribution < 1.29 is 18.7 Å². The summed E-state index contributed by atoms with van der Waals surface area (Å²) >= 11 is 0. The van der Waals surface area contributed by atoms with Crippen LogP contribution < -0.4 is 5.32 Å². The first kappa shape index (κ1) is 15.5. The summed E-state index contributed by atoms with van der Waals surface area (Å²) in [5, 5.41) is 2.88. The quantitative estimate of drug-likeness (QED) is 0.868. The molecule has 1 aliphatic rings. The van der Waals surface area contributed by atoms with Gasteiger partial charge in [-0.3, -0.25) is 4.79 Å². The minimum absolute atomic E-state index is 0.137. The molecule has 1 amide bonds. The van der Waals surface area contributed by atoms with Crippen LogP contribution in [0.2, 0.25) is 0 Å². The van der Waals surface area contributed by atoms with Crippen molar-refractivity contribution in [2.75, 3.05) is 6.61 Å². The second-order valence-electron chi connectivity index (χ2n) is 5.49. The van der Waals surface area contributed by atoms with Gasteiger partial charge in [-0.2, -0.15) is 0 Å². The van der Waals surface area contributed by atoms with Gasteiger partial charge in [0.2, 0.25) is 0 Å². The minimum Gasteiger partial charge on any atom is -0.452 e. The lowest BCUT2D eigenvalue weighted by Gasteiger charge is -2.29. The molecular formula is C16H20FNO3. The molecule has 5 heteroatoms. The van der Waals surface area contributed by atoms with E-state index in [1.165, 1.54) is 24.6 Å². The summed E-state index contributed by atoms with van der Waals surface area (Å²) in [5.41, 5.74) is -0.156. The fourth-order valence-electron chi connectivity index (χ4n) is 2.61. The summed E-state index contributed by atoms with van der Waals surface area (Å²) in [7, 11) is 0. The first-order valence-corrected chi connectivity index (χ1v) is 7.29. The van der Waals surface area contributed by atoms with E-state index in [1.54, 1.807) is 6.07 Å². The van der Waals surface area contributed by atoms with Crippen LogP contribution in [-0.4, -0.2) is 24.5 Å². The van der Waals surface area contributed by atoms with Crippen LogP contribution in [0.5, 0.6) is 0 Å². The third-order valence-corrected chi connectivity index (χ3v) is 3.89. The smallest absolute Gasteiger partial charge is 0.341 e. The number of benzene rings is 1. The molecule has 0 spiro atoms. The number of rotatable bonds is 4. The normalized spacial score (nSPS) is 21.6. The Morgan fingerprint density at radius 2 is 2.00 bits per heavy atom. The number of carbonyl (C=O) groups excluding carboxylic acids is 2. The Balaban J connectivity index is 1.81.